The van der Waals surface area contributed by atoms with Crippen LogP contribution < -0.4 is 0 Å². The highest BCUT2D eigenvalue weighted by Crippen LogP contribution is 2.29. The van der Waals surface area contributed by atoms with E-state index in [0.29, 0.717) is 0 Å². The first-order valence-electron chi connectivity index (χ1n) is 6.44. The van der Waals surface area contributed by atoms with E-state index in [4.69, 9.17) is 5.26 Å². The molecule has 2 rings (SSSR count). The first-order chi connectivity index (χ1) is 8.60. The maximum Gasteiger partial charge on any atom is 0.256 e. The van der Waals surface area contributed by atoms with Crippen LogP contribution in [0.15, 0.2) is 6.07 Å². The van der Waals surface area contributed by atoms with Gasteiger partial charge in [0, 0.05) is 24.0 Å². The SMILES string of the molecule is CCn1c(C)cc(C(=O)N(CC#N)C2CC2)c1C. The van der Waals surface area contributed by atoms with Crippen molar-refractivity contribution in [2.75, 3.05) is 6.54 Å². The van der Waals surface area contributed by atoms with Crippen LogP contribution in [0.5, 0.6) is 0 Å². The van der Waals surface area contributed by atoms with Crippen LogP contribution in [0, 0.1) is 25.2 Å². The van der Waals surface area contributed by atoms with E-state index in [1.165, 1.54) is 0 Å². The number of aryl methyl sites for hydroxylation is 1. The summed E-state index contributed by atoms with van der Waals surface area (Å²) < 4.78 is 2.13. The summed E-state index contributed by atoms with van der Waals surface area (Å²) in [5, 5.41) is 8.84. The van der Waals surface area contributed by atoms with Gasteiger partial charge >= 0.3 is 0 Å². The van der Waals surface area contributed by atoms with Crippen molar-refractivity contribution in [3.8, 4) is 6.07 Å². The van der Waals surface area contributed by atoms with Crippen molar-refractivity contribution < 1.29 is 4.79 Å². The Labute approximate surface area is 108 Å². The van der Waals surface area contributed by atoms with Gasteiger partial charge in [0.05, 0.1) is 11.6 Å². The third-order valence-electron chi connectivity index (χ3n) is 3.61. The van der Waals surface area contributed by atoms with Gasteiger partial charge in [0.2, 0.25) is 0 Å². The summed E-state index contributed by atoms with van der Waals surface area (Å²) >= 11 is 0. The lowest BCUT2D eigenvalue weighted by Gasteiger charge is -2.19. The van der Waals surface area contributed by atoms with Crippen molar-refractivity contribution in [2.45, 2.75) is 46.2 Å². The molecule has 1 aromatic heterocycles. The Bertz CT molecular complexity index is 506. The number of nitriles is 1. The number of carbonyl (C=O) groups is 1. The van der Waals surface area contributed by atoms with Crippen LogP contribution >= 0.6 is 0 Å². The second kappa shape index (κ2) is 4.85. The maximum atomic E-state index is 12.5. The van der Waals surface area contributed by atoms with Gasteiger partial charge in [0.15, 0.2) is 0 Å². The molecule has 0 saturated heterocycles. The van der Waals surface area contributed by atoms with E-state index in [1.54, 1.807) is 4.90 Å². The second-order valence-corrected chi connectivity index (χ2v) is 4.85. The molecule has 18 heavy (non-hydrogen) atoms. The third kappa shape index (κ3) is 2.13. The summed E-state index contributed by atoms with van der Waals surface area (Å²) in [6.45, 7) is 7.12. The first kappa shape index (κ1) is 12.7. The Kier molecular flexibility index (Phi) is 3.42. The zero-order chi connectivity index (χ0) is 13.3. The van der Waals surface area contributed by atoms with E-state index in [1.807, 2.05) is 19.9 Å². The maximum absolute atomic E-state index is 12.5. The molecule has 0 radical (unpaired) electrons. The zero-order valence-corrected chi connectivity index (χ0v) is 11.2. The largest absolute Gasteiger partial charge is 0.349 e. The summed E-state index contributed by atoms with van der Waals surface area (Å²) in [6.07, 6.45) is 2.06. The molecule has 0 unspecified atom stereocenters. The molecule has 1 aliphatic rings. The molecule has 0 bridgehead atoms. The van der Waals surface area contributed by atoms with Crippen LogP contribution in [-0.4, -0.2) is 28.0 Å². The standard InChI is InChI=1S/C14H19N3O/c1-4-16-10(2)9-13(11(16)3)14(18)17(8-7-15)12-5-6-12/h9,12H,4-6,8H2,1-3H3. The van der Waals surface area contributed by atoms with E-state index in [2.05, 4.69) is 17.6 Å². The third-order valence-corrected chi connectivity index (χ3v) is 3.61. The fraction of sp³-hybridized carbons (Fsp3) is 0.571. The van der Waals surface area contributed by atoms with Gasteiger partial charge < -0.3 is 9.47 Å². The van der Waals surface area contributed by atoms with E-state index in [-0.39, 0.29) is 18.5 Å². The molecule has 0 aromatic carbocycles. The number of carbonyl (C=O) groups excluding carboxylic acids is 1. The highest BCUT2D eigenvalue weighted by molar-refractivity contribution is 5.96. The number of nitrogens with zero attached hydrogens (tertiary/aromatic N) is 3. The number of rotatable bonds is 4. The minimum Gasteiger partial charge on any atom is -0.349 e. The Hall–Kier alpha value is -1.76. The van der Waals surface area contributed by atoms with Crippen LogP contribution in [0.1, 0.15) is 41.5 Å². The lowest BCUT2D eigenvalue weighted by atomic mass is 10.2. The molecular formula is C14H19N3O. The molecule has 1 fully saturated rings. The lowest BCUT2D eigenvalue weighted by Crippen LogP contribution is -2.33. The smallest absolute Gasteiger partial charge is 0.256 e. The van der Waals surface area contributed by atoms with Gasteiger partial charge in [-0.1, -0.05) is 0 Å². The van der Waals surface area contributed by atoms with Crippen LogP contribution in [-0.2, 0) is 6.54 Å². The summed E-state index contributed by atoms with van der Waals surface area (Å²) in [7, 11) is 0. The van der Waals surface area contributed by atoms with E-state index >= 15 is 0 Å². The molecule has 0 N–H and O–H groups in total. The average molecular weight is 245 g/mol. The summed E-state index contributed by atoms with van der Waals surface area (Å²) in [5.74, 6) is 0.00634. The minimum atomic E-state index is 0.00634. The van der Waals surface area contributed by atoms with Crippen LogP contribution in [0.4, 0.5) is 0 Å². The van der Waals surface area contributed by atoms with Crippen LogP contribution in [0.25, 0.3) is 0 Å². The molecule has 1 saturated carbocycles. The number of hydrogen-bond donors (Lipinski definition) is 0. The van der Waals surface area contributed by atoms with Crippen molar-refractivity contribution in [3.05, 3.63) is 23.0 Å². The van der Waals surface area contributed by atoms with Crippen molar-refractivity contribution in [3.63, 3.8) is 0 Å². The molecular weight excluding hydrogens is 226 g/mol. The Morgan fingerprint density at radius 2 is 2.22 bits per heavy atom. The molecule has 96 valence electrons. The molecule has 4 heteroatoms. The van der Waals surface area contributed by atoms with Gasteiger partial charge in [-0.25, -0.2) is 0 Å². The van der Waals surface area contributed by atoms with Crippen molar-refractivity contribution in [2.24, 2.45) is 0 Å². The normalized spacial score (nSPS) is 14.3. The summed E-state index contributed by atoms with van der Waals surface area (Å²) in [4.78, 5) is 14.2. The van der Waals surface area contributed by atoms with Gasteiger partial charge in [-0.2, -0.15) is 5.26 Å². The monoisotopic (exact) mass is 245 g/mol. The van der Waals surface area contributed by atoms with Crippen molar-refractivity contribution in [1.82, 2.24) is 9.47 Å². The van der Waals surface area contributed by atoms with Gasteiger partial charge in [-0.05, 0) is 39.7 Å². The van der Waals surface area contributed by atoms with E-state index in [0.717, 1.165) is 36.3 Å². The van der Waals surface area contributed by atoms with Crippen molar-refractivity contribution in [1.29, 1.82) is 5.26 Å². The first-order valence-corrected chi connectivity index (χ1v) is 6.44. The number of amides is 1. The highest BCUT2D eigenvalue weighted by Gasteiger charge is 2.34. The highest BCUT2D eigenvalue weighted by atomic mass is 16.2. The van der Waals surface area contributed by atoms with E-state index in [9.17, 15) is 4.79 Å². The lowest BCUT2D eigenvalue weighted by molar-refractivity contribution is 0.0764. The molecule has 0 aliphatic heterocycles. The molecule has 0 atom stereocenters. The quantitative estimate of drug-likeness (QED) is 0.764. The Morgan fingerprint density at radius 3 is 2.67 bits per heavy atom. The molecule has 1 heterocycles. The summed E-state index contributed by atoms with van der Waals surface area (Å²) in [5.41, 5.74) is 2.85. The average Bonchev–Trinajstić information content (AvgIpc) is 3.13. The molecule has 1 aliphatic carbocycles. The predicted octanol–water partition coefficient (Wildman–Crippen LogP) is 2.25. The van der Waals surface area contributed by atoms with Crippen LogP contribution in [0.3, 0.4) is 0 Å². The molecule has 0 spiro atoms. The van der Waals surface area contributed by atoms with Gasteiger partial charge in [0.25, 0.3) is 5.91 Å². The summed E-state index contributed by atoms with van der Waals surface area (Å²) in [6, 6.07) is 4.31. The topological polar surface area (TPSA) is 49.0 Å². The minimum absolute atomic E-state index is 0.00634. The molecule has 1 aromatic rings. The fourth-order valence-corrected chi connectivity index (χ4v) is 2.49. The van der Waals surface area contributed by atoms with Crippen LogP contribution in [0.2, 0.25) is 0 Å². The van der Waals surface area contributed by atoms with Gasteiger partial charge in [-0.3, -0.25) is 4.79 Å². The van der Waals surface area contributed by atoms with Gasteiger partial charge in [-0.15, -0.1) is 0 Å². The predicted molar refractivity (Wildman–Crippen MR) is 69.3 cm³/mol. The van der Waals surface area contributed by atoms with Crippen molar-refractivity contribution >= 4 is 5.91 Å². The Balaban J connectivity index is 2.30. The zero-order valence-electron chi connectivity index (χ0n) is 11.2. The molecule has 1 amide bonds. The van der Waals surface area contributed by atoms with Gasteiger partial charge in [0.1, 0.15) is 6.54 Å². The molecule has 4 nitrogen and oxygen atoms in total. The van der Waals surface area contributed by atoms with E-state index < -0.39 is 0 Å². The Morgan fingerprint density at radius 1 is 1.56 bits per heavy atom. The number of aromatic nitrogens is 1. The fourth-order valence-electron chi connectivity index (χ4n) is 2.49. The second-order valence-electron chi connectivity index (χ2n) is 4.85. The number of hydrogen-bond acceptors (Lipinski definition) is 2.